The number of hydrogen-bond acceptors (Lipinski definition) is 8. The number of benzene rings is 3. The Kier molecular flexibility index (Phi) is 13.7. The molecule has 0 bridgehead atoms. The van der Waals surface area contributed by atoms with E-state index in [9.17, 15) is 19.5 Å². The molecule has 1 aliphatic heterocycles. The standard InChI is InChI=1S/C24H29BrO4S.C14H15BrO2S/c1-7-29-23(27)21(20-16(3)12-15(2)13-19(20)25)22(26)24(4,5)30-14-17-8-10-18(28-6)11-9-17;1-7-5-8(2)10(9(15)6-7)11-12(16)14(3,4)18-13(11)17/h8-13,21H,7,14H2,1-6H3;5-6,16H,1-4H3. The molecule has 0 saturated carbocycles. The second-order valence-electron chi connectivity index (χ2n) is 12.7. The first-order valence-corrected chi connectivity index (χ1v) is 18.9. The van der Waals surface area contributed by atoms with E-state index < -0.39 is 21.4 Å². The van der Waals surface area contributed by atoms with Crippen molar-refractivity contribution in [3.8, 4) is 5.75 Å². The smallest absolute Gasteiger partial charge is 0.321 e. The lowest BCUT2D eigenvalue weighted by Crippen LogP contribution is -2.38. The third kappa shape index (κ3) is 9.37. The highest BCUT2D eigenvalue weighted by Crippen LogP contribution is 2.48. The summed E-state index contributed by atoms with van der Waals surface area (Å²) in [6.45, 7) is 17.3. The van der Waals surface area contributed by atoms with Gasteiger partial charge in [0.1, 0.15) is 17.4 Å². The van der Waals surface area contributed by atoms with Crippen molar-refractivity contribution < 1.29 is 29.0 Å². The minimum absolute atomic E-state index is 0.0647. The van der Waals surface area contributed by atoms with Crippen LogP contribution in [0.4, 0.5) is 0 Å². The van der Waals surface area contributed by atoms with Crippen molar-refractivity contribution in [2.24, 2.45) is 0 Å². The van der Waals surface area contributed by atoms with Gasteiger partial charge < -0.3 is 14.6 Å². The number of Topliss-reactive ketones (excluding diaryl/α,β-unsaturated/α-hetero) is 1. The Morgan fingerprint density at radius 2 is 1.52 bits per heavy atom. The second kappa shape index (κ2) is 16.5. The van der Waals surface area contributed by atoms with Crippen LogP contribution in [0, 0.1) is 27.7 Å². The van der Waals surface area contributed by atoms with Gasteiger partial charge in [-0.2, -0.15) is 0 Å². The van der Waals surface area contributed by atoms with Crippen LogP contribution in [0.1, 0.15) is 79.5 Å². The van der Waals surface area contributed by atoms with E-state index in [2.05, 4.69) is 31.9 Å². The van der Waals surface area contributed by atoms with Crippen LogP contribution in [-0.4, -0.2) is 45.2 Å². The lowest BCUT2D eigenvalue weighted by atomic mass is 9.85. The fourth-order valence-electron chi connectivity index (χ4n) is 5.46. The zero-order chi connectivity index (χ0) is 36.1. The molecule has 3 aromatic carbocycles. The first-order chi connectivity index (χ1) is 22.3. The van der Waals surface area contributed by atoms with Gasteiger partial charge in [0.2, 0.25) is 5.12 Å². The van der Waals surface area contributed by atoms with Crippen LogP contribution in [0.25, 0.3) is 5.57 Å². The van der Waals surface area contributed by atoms with Gasteiger partial charge in [-0.15, -0.1) is 11.8 Å². The highest BCUT2D eigenvalue weighted by atomic mass is 79.9. The van der Waals surface area contributed by atoms with E-state index in [0.717, 1.165) is 48.1 Å². The van der Waals surface area contributed by atoms with E-state index in [1.165, 1.54) is 23.5 Å². The highest BCUT2D eigenvalue weighted by Gasteiger charge is 2.42. The summed E-state index contributed by atoms with van der Waals surface area (Å²) in [6, 6.07) is 15.7. The van der Waals surface area contributed by atoms with E-state index in [1.54, 1.807) is 14.0 Å². The first-order valence-electron chi connectivity index (χ1n) is 15.5. The molecule has 0 spiro atoms. The van der Waals surface area contributed by atoms with E-state index in [0.29, 0.717) is 16.9 Å². The van der Waals surface area contributed by atoms with Crippen LogP contribution in [0.5, 0.6) is 5.75 Å². The van der Waals surface area contributed by atoms with Crippen LogP contribution in [-0.2, 0) is 24.9 Å². The van der Waals surface area contributed by atoms with Crippen molar-refractivity contribution in [2.45, 2.75) is 83.5 Å². The number of aliphatic hydroxyl groups is 1. The Morgan fingerprint density at radius 3 is 2.00 bits per heavy atom. The highest BCUT2D eigenvalue weighted by molar-refractivity contribution is 9.10. The molecular weight excluding hydrogens is 776 g/mol. The lowest BCUT2D eigenvalue weighted by molar-refractivity contribution is -0.148. The molecule has 1 aliphatic rings. The third-order valence-corrected chi connectivity index (χ3v) is 11.7. The maximum atomic E-state index is 13.6. The van der Waals surface area contributed by atoms with Crippen molar-refractivity contribution in [3.05, 3.63) is 102 Å². The number of rotatable bonds is 10. The predicted molar refractivity (Wildman–Crippen MR) is 206 cm³/mol. The number of methoxy groups -OCH3 is 1. The monoisotopic (exact) mass is 818 g/mol. The summed E-state index contributed by atoms with van der Waals surface area (Å²) in [6.07, 6.45) is 0. The molecule has 1 heterocycles. The Labute approximate surface area is 310 Å². The first kappa shape index (κ1) is 39.9. The molecule has 0 saturated heterocycles. The quantitative estimate of drug-likeness (QED) is 0.160. The van der Waals surface area contributed by atoms with Crippen LogP contribution >= 0.6 is 55.4 Å². The van der Waals surface area contributed by atoms with Crippen molar-refractivity contribution in [2.75, 3.05) is 13.7 Å². The Bertz CT molecular complexity index is 1680. The molecule has 258 valence electrons. The van der Waals surface area contributed by atoms with Gasteiger partial charge in [0, 0.05) is 20.3 Å². The fraction of sp³-hybridized carbons (Fsp3) is 0.395. The van der Waals surface area contributed by atoms with Crippen molar-refractivity contribution in [1.82, 2.24) is 0 Å². The van der Waals surface area contributed by atoms with E-state index in [1.807, 2.05) is 104 Å². The maximum absolute atomic E-state index is 13.6. The normalized spacial score (nSPS) is 14.7. The number of thioether (sulfide) groups is 2. The number of hydrogen-bond donors (Lipinski definition) is 1. The summed E-state index contributed by atoms with van der Waals surface area (Å²) in [5.74, 6) is -0.0308. The SMILES string of the molecule is CCOC(=O)C(C(=O)C(C)(C)SCc1ccc(OC)cc1)c1c(C)cc(C)cc1Br.Cc1cc(C)c(C2=C(O)C(C)(C)SC2=O)c(Br)c1. The number of halogens is 2. The summed E-state index contributed by atoms with van der Waals surface area (Å²) >= 11 is 9.74. The van der Waals surface area contributed by atoms with E-state index in [4.69, 9.17) is 9.47 Å². The average Bonchev–Trinajstić information content (AvgIpc) is 3.19. The van der Waals surface area contributed by atoms with Gasteiger partial charge in [-0.25, -0.2) is 0 Å². The number of carbonyl (C=O) groups is 3. The van der Waals surface area contributed by atoms with Gasteiger partial charge in [-0.3, -0.25) is 14.4 Å². The minimum atomic E-state index is -0.974. The number of aliphatic hydroxyl groups excluding tert-OH is 1. The van der Waals surface area contributed by atoms with Crippen LogP contribution in [0.3, 0.4) is 0 Å². The van der Waals surface area contributed by atoms with Gasteiger partial charge in [0.15, 0.2) is 5.78 Å². The van der Waals surface area contributed by atoms with Crippen molar-refractivity contribution >= 4 is 77.8 Å². The summed E-state index contributed by atoms with van der Waals surface area (Å²) in [5.41, 5.74) is 7.09. The molecule has 0 radical (unpaired) electrons. The summed E-state index contributed by atoms with van der Waals surface area (Å²) in [4.78, 5) is 38.6. The van der Waals surface area contributed by atoms with Gasteiger partial charge in [0.05, 0.1) is 28.8 Å². The third-order valence-electron chi connectivity index (χ3n) is 7.95. The van der Waals surface area contributed by atoms with Gasteiger partial charge in [0.25, 0.3) is 0 Å². The van der Waals surface area contributed by atoms with Crippen LogP contribution < -0.4 is 4.74 Å². The number of ketones is 1. The molecule has 1 N–H and O–H groups in total. The molecular formula is C38H44Br2O6S2. The summed E-state index contributed by atoms with van der Waals surface area (Å²) in [7, 11) is 1.63. The molecule has 6 nitrogen and oxygen atoms in total. The molecule has 4 rings (SSSR count). The molecule has 0 aliphatic carbocycles. The van der Waals surface area contributed by atoms with Gasteiger partial charge >= 0.3 is 5.97 Å². The zero-order valence-electron chi connectivity index (χ0n) is 29.2. The van der Waals surface area contributed by atoms with Gasteiger partial charge in [-0.1, -0.05) is 67.9 Å². The summed E-state index contributed by atoms with van der Waals surface area (Å²) in [5, 5.41) is 10.2. The molecule has 1 unspecified atom stereocenters. The zero-order valence-corrected chi connectivity index (χ0v) is 34.0. The molecule has 0 fully saturated rings. The van der Waals surface area contributed by atoms with E-state index >= 15 is 0 Å². The number of carbonyl (C=O) groups excluding carboxylic acids is 3. The molecule has 0 aromatic heterocycles. The molecule has 48 heavy (non-hydrogen) atoms. The lowest BCUT2D eigenvalue weighted by Gasteiger charge is -2.28. The topological polar surface area (TPSA) is 89.9 Å². The van der Waals surface area contributed by atoms with Crippen molar-refractivity contribution in [3.63, 3.8) is 0 Å². The molecule has 1 atom stereocenters. The average molecular weight is 821 g/mol. The van der Waals surface area contributed by atoms with E-state index in [-0.39, 0.29) is 23.3 Å². The number of aryl methyl sites for hydroxylation is 4. The predicted octanol–water partition coefficient (Wildman–Crippen LogP) is 10.4. The Hall–Kier alpha value is -2.53. The largest absolute Gasteiger partial charge is 0.510 e. The Balaban J connectivity index is 0.000000294. The van der Waals surface area contributed by atoms with Crippen LogP contribution in [0.15, 0.2) is 63.2 Å². The Morgan fingerprint density at radius 1 is 0.958 bits per heavy atom. The molecule has 10 heteroatoms. The molecule has 0 amide bonds. The van der Waals surface area contributed by atoms with Crippen LogP contribution in [0.2, 0.25) is 0 Å². The maximum Gasteiger partial charge on any atom is 0.321 e. The molecule has 3 aromatic rings. The minimum Gasteiger partial charge on any atom is -0.510 e. The van der Waals surface area contributed by atoms with Gasteiger partial charge in [-0.05, 0) is 120 Å². The number of esters is 1. The summed E-state index contributed by atoms with van der Waals surface area (Å²) < 4.78 is 10.8. The fourth-order valence-corrected chi connectivity index (χ4v) is 9.18. The number of ether oxygens (including phenoxy) is 2. The second-order valence-corrected chi connectivity index (χ2v) is 17.6. The van der Waals surface area contributed by atoms with Crippen molar-refractivity contribution in [1.29, 1.82) is 0 Å².